The van der Waals surface area contributed by atoms with Gasteiger partial charge >= 0.3 is 0 Å². The summed E-state index contributed by atoms with van der Waals surface area (Å²) >= 11 is 0. The smallest absolute Gasteiger partial charge is 0.271 e. The Morgan fingerprint density at radius 2 is 2.00 bits per heavy atom. The minimum atomic E-state index is -0.0644. The van der Waals surface area contributed by atoms with Gasteiger partial charge in [-0.3, -0.25) is 14.6 Å². The number of para-hydroxylation sites is 1. The average Bonchev–Trinajstić information content (AvgIpc) is 2.89. The summed E-state index contributed by atoms with van der Waals surface area (Å²) in [7, 11) is 3.70. The largest absolute Gasteiger partial charge is 0.350 e. The van der Waals surface area contributed by atoms with Crippen LogP contribution in [0.25, 0.3) is 22.2 Å². The second-order valence-corrected chi connectivity index (χ2v) is 4.70. The third kappa shape index (κ3) is 1.62. The van der Waals surface area contributed by atoms with Crippen LogP contribution >= 0.6 is 0 Å². The molecule has 5 nitrogen and oxygen atoms in total. The molecule has 3 aromatic rings. The maximum Gasteiger partial charge on any atom is 0.271 e. The van der Waals surface area contributed by atoms with Gasteiger partial charge in [0.25, 0.3) is 5.56 Å². The van der Waals surface area contributed by atoms with Crippen molar-refractivity contribution >= 4 is 10.9 Å². The third-order valence-corrected chi connectivity index (χ3v) is 3.51. The molecule has 0 bridgehead atoms. The maximum atomic E-state index is 12.0. The Kier molecular flexibility index (Phi) is 2.57. The monoisotopic (exact) mass is 256 g/mol. The van der Waals surface area contributed by atoms with E-state index in [4.69, 9.17) is 5.73 Å². The lowest BCUT2D eigenvalue weighted by atomic mass is 10.1. The molecule has 98 valence electrons. The second-order valence-electron chi connectivity index (χ2n) is 4.70. The zero-order valence-electron chi connectivity index (χ0n) is 11.0. The van der Waals surface area contributed by atoms with Crippen molar-refractivity contribution in [2.75, 3.05) is 0 Å². The molecule has 0 atom stereocenters. The topological polar surface area (TPSA) is 68.7 Å². The lowest BCUT2D eigenvalue weighted by molar-refractivity contribution is 0.739. The van der Waals surface area contributed by atoms with E-state index in [2.05, 4.69) is 21.8 Å². The van der Waals surface area contributed by atoms with Crippen molar-refractivity contribution in [3.05, 3.63) is 46.4 Å². The van der Waals surface area contributed by atoms with E-state index in [1.807, 2.05) is 25.4 Å². The van der Waals surface area contributed by atoms with Gasteiger partial charge in [0.2, 0.25) is 0 Å². The van der Waals surface area contributed by atoms with Gasteiger partial charge in [0.05, 0.1) is 11.3 Å². The van der Waals surface area contributed by atoms with Crippen LogP contribution in [0.3, 0.4) is 0 Å². The first-order valence-corrected chi connectivity index (χ1v) is 6.16. The van der Waals surface area contributed by atoms with Gasteiger partial charge in [-0.1, -0.05) is 18.2 Å². The summed E-state index contributed by atoms with van der Waals surface area (Å²) < 4.78 is 3.52. The SMILES string of the molecule is Cn1[nH]c(-c2cn(C)c3ccccc23)c(CN)c1=O. The first-order valence-electron chi connectivity index (χ1n) is 6.16. The van der Waals surface area contributed by atoms with E-state index < -0.39 is 0 Å². The summed E-state index contributed by atoms with van der Waals surface area (Å²) in [5.41, 5.74) is 9.22. The van der Waals surface area contributed by atoms with E-state index in [0.717, 1.165) is 22.2 Å². The molecule has 0 radical (unpaired) electrons. The molecule has 1 aromatic carbocycles. The number of nitrogens with two attached hydrogens (primary N) is 1. The number of nitrogens with zero attached hydrogens (tertiary/aromatic N) is 2. The van der Waals surface area contributed by atoms with Crippen molar-refractivity contribution < 1.29 is 0 Å². The molecule has 3 N–H and O–H groups in total. The summed E-state index contributed by atoms with van der Waals surface area (Å²) in [6.07, 6.45) is 2.02. The normalized spacial score (nSPS) is 11.3. The number of nitrogens with one attached hydrogen (secondary N) is 1. The number of rotatable bonds is 2. The molecule has 0 fully saturated rings. The fourth-order valence-corrected chi connectivity index (χ4v) is 2.55. The van der Waals surface area contributed by atoms with E-state index >= 15 is 0 Å². The summed E-state index contributed by atoms with van der Waals surface area (Å²) in [4.78, 5) is 12.0. The number of hydrogen-bond acceptors (Lipinski definition) is 2. The van der Waals surface area contributed by atoms with Gasteiger partial charge in [-0.2, -0.15) is 0 Å². The highest BCUT2D eigenvalue weighted by Crippen LogP contribution is 2.29. The maximum absolute atomic E-state index is 12.0. The molecule has 0 saturated heterocycles. The molecule has 19 heavy (non-hydrogen) atoms. The molecule has 2 aromatic heterocycles. The number of benzene rings is 1. The van der Waals surface area contributed by atoms with Crippen molar-refractivity contribution in [1.82, 2.24) is 14.3 Å². The van der Waals surface area contributed by atoms with Crippen LogP contribution in [-0.2, 0) is 20.6 Å². The van der Waals surface area contributed by atoms with Gasteiger partial charge in [-0.25, -0.2) is 0 Å². The van der Waals surface area contributed by atoms with Crippen molar-refractivity contribution in [3.8, 4) is 11.3 Å². The van der Waals surface area contributed by atoms with Crippen molar-refractivity contribution in [2.24, 2.45) is 19.8 Å². The molecule has 0 aliphatic carbocycles. The molecule has 0 saturated carbocycles. The zero-order chi connectivity index (χ0) is 13.6. The average molecular weight is 256 g/mol. The van der Waals surface area contributed by atoms with Crippen LogP contribution in [-0.4, -0.2) is 14.3 Å². The molecule has 0 unspecified atom stereocenters. The molecular formula is C14H16N4O. The Balaban J connectivity index is 2.37. The highest BCUT2D eigenvalue weighted by Gasteiger charge is 2.16. The molecule has 0 amide bonds. The summed E-state index contributed by atoms with van der Waals surface area (Å²) in [5, 5.41) is 4.21. The van der Waals surface area contributed by atoms with Crippen molar-refractivity contribution in [1.29, 1.82) is 0 Å². The Labute approximate surface area is 110 Å². The van der Waals surface area contributed by atoms with Crippen molar-refractivity contribution in [2.45, 2.75) is 6.54 Å². The number of aromatic nitrogens is 3. The molecular weight excluding hydrogens is 240 g/mol. The lowest BCUT2D eigenvalue weighted by Crippen LogP contribution is -2.17. The number of hydrogen-bond donors (Lipinski definition) is 2. The van der Waals surface area contributed by atoms with Crippen LogP contribution in [0, 0.1) is 0 Å². The zero-order valence-corrected chi connectivity index (χ0v) is 11.0. The van der Waals surface area contributed by atoms with E-state index in [0.29, 0.717) is 5.56 Å². The summed E-state index contributed by atoms with van der Waals surface area (Å²) in [6.45, 7) is 0.231. The minimum Gasteiger partial charge on any atom is -0.350 e. The standard InChI is InChI=1S/C14H16N4O/c1-17-8-11(9-5-3-4-6-12(9)17)13-10(7-15)14(19)18(2)16-13/h3-6,8,16H,7,15H2,1-2H3. The Morgan fingerprint density at radius 3 is 2.74 bits per heavy atom. The summed E-state index contributed by atoms with van der Waals surface area (Å²) in [6, 6.07) is 8.11. The Bertz CT molecular complexity index is 807. The first kappa shape index (κ1) is 11.8. The van der Waals surface area contributed by atoms with Gasteiger partial charge in [0, 0.05) is 43.3 Å². The molecule has 2 heterocycles. The Morgan fingerprint density at radius 1 is 1.26 bits per heavy atom. The molecule has 0 spiro atoms. The van der Waals surface area contributed by atoms with E-state index in [1.165, 1.54) is 4.68 Å². The fourth-order valence-electron chi connectivity index (χ4n) is 2.55. The van der Waals surface area contributed by atoms with Gasteiger partial charge in [-0.05, 0) is 6.07 Å². The predicted molar refractivity (Wildman–Crippen MR) is 75.8 cm³/mol. The van der Waals surface area contributed by atoms with Crippen LogP contribution in [0.15, 0.2) is 35.3 Å². The Hall–Kier alpha value is -2.27. The predicted octanol–water partition coefficient (Wildman–Crippen LogP) is 1.33. The van der Waals surface area contributed by atoms with E-state index in [1.54, 1.807) is 7.05 Å². The van der Waals surface area contributed by atoms with Crippen LogP contribution in [0.1, 0.15) is 5.56 Å². The third-order valence-electron chi connectivity index (χ3n) is 3.51. The van der Waals surface area contributed by atoms with Crippen LogP contribution in [0.5, 0.6) is 0 Å². The van der Waals surface area contributed by atoms with E-state index in [9.17, 15) is 4.79 Å². The van der Waals surface area contributed by atoms with Gasteiger partial charge in [0.15, 0.2) is 0 Å². The fraction of sp³-hybridized carbons (Fsp3) is 0.214. The lowest BCUT2D eigenvalue weighted by Gasteiger charge is -1.98. The first-order chi connectivity index (χ1) is 9.13. The van der Waals surface area contributed by atoms with Gasteiger partial charge in [0.1, 0.15) is 0 Å². The number of fused-ring (bicyclic) bond motifs is 1. The number of aryl methyl sites for hydroxylation is 2. The quantitative estimate of drug-likeness (QED) is 0.726. The second kappa shape index (κ2) is 4.13. The van der Waals surface area contributed by atoms with Gasteiger partial charge < -0.3 is 10.3 Å². The minimum absolute atomic E-state index is 0.0644. The van der Waals surface area contributed by atoms with Gasteiger partial charge in [-0.15, -0.1) is 0 Å². The van der Waals surface area contributed by atoms with Crippen LogP contribution in [0.2, 0.25) is 0 Å². The van der Waals surface area contributed by atoms with E-state index in [-0.39, 0.29) is 12.1 Å². The highest BCUT2D eigenvalue weighted by atomic mass is 16.1. The van der Waals surface area contributed by atoms with Crippen molar-refractivity contribution in [3.63, 3.8) is 0 Å². The summed E-state index contributed by atoms with van der Waals surface area (Å²) in [5.74, 6) is 0. The number of H-pyrrole nitrogens is 1. The molecule has 3 rings (SSSR count). The van der Waals surface area contributed by atoms with Crippen LogP contribution in [0.4, 0.5) is 0 Å². The highest BCUT2D eigenvalue weighted by molar-refractivity contribution is 5.95. The number of aromatic amines is 1. The molecule has 5 heteroatoms. The van der Waals surface area contributed by atoms with Crippen LogP contribution < -0.4 is 11.3 Å². The molecule has 0 aliphatic heterocycles. The molecule has 0 aliphatic rings.